The van der Waals surface area contributed by atoms with Gasteiger partial charge in [0.05, 0.1) is 24.9 Å². The highest BCUT2D eigenvalue weighted by Crippen LogP contribution is 2.17. The summed E-state index contributed by atoms with van der Waals surface area (Å²) in [6.45, 7) is 9.99. The molecule has 1 N–H and O–H groups in total. The molecule has 0 bridgehead atoms. The molecule has 1 aliphatic rings. The fraction of sp³-hybridized carbons (Fsp3) is 0.429. The van der Waals surface area contributed by atoms with Crippen molar-refractivity contribution < 1.29 is 9.53 Å². The molecule has 0 saturated carbocycles. The standard InChI is InChI=1S/C21H28N4O2/c1-3-24-11-13-25(14-12-24)20-10-7-18(16-22-20)23-21(26)15-17-5-8-19(9-6-17)27-4-2/h5-10,16H,3-4,11-15H2,1-2H3,(H,23,26). The van der Waals surface area contributed by atoms with E-state index in [0.29, 0.717) is 13.0 Å². The number of nitrogens with zero attached hydrogens (tertiary/aromatic N) is 3. The molecule has 0 radical (unpaired) electrons. The Hall–Kier alpha value is -2.60. The molecule has 0 aliphatic carbocycles. The Balaban J connectivity index is 1.51. The van der Waals surface area contributed by atoms with Gasteiger partial charge in [0.1, 0.15) is 11.6 Å². The van der Waals surface area contributed by atoms with Gasteiger partial charge in [-0.3, -0.25) is 4.79 Å². The number of rotatable bonds is 7. The van der Waals surface area contributed by atoms with E-state index in [4.69, 9.17) is 4.74 Å². The van der Waals surface area contributed by atoms with Crippen molar-refractivity contribution in [1.82, 2.24) is 9.88 Å². The van der Waals surface area contributed by atoms with E-state index >= 15 is 0 Å². The summed E-state index contributed by atoms with van der Waals surface area (Å²) in [6, 6.07) is 11.5. The Morgan fingerprint density at radius 3 is 2.41 bits per heavy atom. The number of hydrogen-bond donors (Lipinski definition) is 1. The van der Waals surface area contributed by atoms with Crippen molar-refractivity contribution in [1.29, 1.82) is 0 Å². The molecular formula is C21H28N4O2. The lowest BCUT2D eigenvalue weighted by atomic mass is 10.1. The maximum atomic E-state index is 12.3. The Morgan fingerprint density at radius 2 is 1.81 bits per heavy atom. The van der Waals surface area contributed by atoms with E-state index in [1.165, 1.54) is 0 Å². The molecule has 0 unspecified atom stereocenters. The molecule has 6 nitrogen and oxygen atoms in total. The number of pyridine rings is 1. The average molecular weight is 368 g/mol. The molecule has 0 spiro atoms. The Labute approximate surface area is 161 Å². The maximum absolute atomic E-state index is 12.3. The van der Waals surface area contributed by atoms with Gasteiger partial charge in [-0.2, -0.15) is 0 Å². The number of piperazine rings is 1. The summed E-state index contributed by atoms with van der Waals surface area (Å²) in [5.74, 6) is 1.74. The topological polar surface area (TPSA) is 57.7 Å². The van der Waals surface area contributed by atoms with Crippen molar-refractivity contribution in [3.8, 4) is 5.75 Å². The molecule has 1 fully saturated rings. The van der Waals surface area contributed by atoms with Gasteiger partial charge in [-0.1, -0.05) is 19.1 Å². The number of amides is 1. The first-order chi connectivity index (χ1) is 13.2. The molecule has 1 saturated heterocycles. The van der Waals surface area contributed by atoms with Crippen LogP contribution in [0.15, 0.2) is 42.6 Å². The molecule has 27 heavy (non-hydrogen) atoms. The minimum atomic E-state index is -0.0507. The van der Waals surface area contributed by atoms with Crippen LogP contribution in [0, 0.1) is 0 Å². The molecule has 2 heterocycles. The van der Waals surface area contributed by atoms with Crippen molar-refractivity contribution >= 4 is 17.4 Å². The van der Waals surface area contributed by atoms with Gasteiger partial charge >= 0.3 is 0 Å². The van der Waals surface area contributed by atoms with Crippen molar-refractivity contribution in [2.45, 2.75) is 20.3 Å². The highest BCUT2D eigenvalue weighted by molar-refractivity contribution is 5.92. The van der Waals surface area contributed by atoms with Gasteiger partial charge in [-0.15, -0.1) is 0 Å². The summed E-state index contributed by atoms with van der Waals surface area (Å²) in [4.78, 5) is 21.5. The molecule has 1 aromatic carbocycles. The van der Waals surface area contributed by atoms with E-state index < -0.39 is 0 Å². The second kappa shape index (κ2) is 9.37. The zero-order chi connectivity index (χ0) is 19.1. The first-order valence-corrected chi connectivity index (χ1v) is 9.63. The lowest BCUT2D eigenvalue weighted by Crippen LogP contribution is -2.46. The number of benzene rings is 1. The predicted molar refractivity (Wildman–Crippen MR) is 109 cm³/mol. The fourth-order valence-electron chi connectivity index (χ4n) is 3.20. The van der Waals surface area contributed by atoms with Gasteiger partial charge in [-0.25, -0.2) is 4.98 Å². The minimum absolute atomic E-state index is 0.0507. The Kier molecular flexibility index (Phi) is 6.65. The molecule has 1 amide bonds. The molecular weight excluding hydrogens is 340 g/mol. The number of hydrogen-bond acceptors (Lipinski definition) is 5. The lowest BCUT2D eigenvalue weighted by Gasteiger charge is -2.34. The smallest absolute Gasteiger partial charge is 0.228 e. The minimum Gasteiger partial charge on any atom is -0.494 e. The van der Waals surface area contributed by atoms with Crippen LogP contribution in [-0.4, -0.2) is 55.1 Å². The molecule has 0 atom stereocenters. The monoisotopic (exact) mass is 368 g/mol. The van der Waals surface area contributed by atoms with Crippen molar-refractivity contribution in [2.24, 2.45) is 0 Å². The van der Waals surface area contributed by atoms with Crippen LogP contribution in [0.5, 0.6) is 5.75 Å². The summed E-state index contributed by atoms with van der Waals surface area (Å²) < 4.78 is 5.42. The molecule has 144 valence electrons. The van der Waals surface area contributed by atoms with Crippen LogP contribution in [0.1, 0.15) is 19.4 Å². The van der Waals surface area contributed by atoms with E-state index in [2.05, 4.69) is 27.0 Å². The molecule has 3 rings (SSSR count). The highest BCUT2D eigenvalue weighted by atomic mass is 16.5. The third-order valence-electron chi connectivity index (χ3n) is 4.77. The number of ether oxygens (including phenoxy) is 1. The summed E-state index contributed by atoms with van der Waals surface area (Å²) in [5, 5.41) is 2.92. The third kappa shape index (κ3) is 5.44. The van der Waals surface area contributed by atoms with Crippen molar-refractivity contribution in [2.75, 3.05) is 49.5 Å². The predicted octanol–water partition coefficient (Wildman–Crippen LogP) is 2.80. The second-order valence-electron chi connectivity index (χ2n) is 6.63. The van der Waals surface area contributed by atoms with Gasteiger partial charge < -0.3 is 19.9 Å². The molecule has 6 heteroatoms. The van der Waals surface area contributed by atoms with Crippen LogP contribution in [0.25, 0.3) is 0 Å². The van der Waals surface area contributed by atoms with Crippen molar-refractivity contribution in [3.63, 3.8) is 0 Å². The lowest BCUT2D eigenvalue weighted by molar-refractivity contribution is -0.115. The average Bonchev–Trinajstić information content (AvgIpc) is 2.70. The number of aromatic nitrogens is 1. The number of carbonyl (C=O) groups excluding carboxylic acids is 1. The maximum Gasteiger partial charge on any atom is 0.228 e. The van der Waals surface area contributed by atoms with E-state index in [1.54, 1.807) is 6.20 Å². The number of nitrogens with one attached hydrogen (secondary N) is 1. The quantitative estimate of drug-likeness (QED) is 0.814. The van der Waals surface area contributed by atoms with Crippen LogP contribution < -0.4 is 15.0 Å². The Morgan fingerprint density at radius 1 is 1.07 bits per heavy atom. The van der Waals surface area contributed by atoms with Crippen LogP contribution in [0.3, 0.4) is 0 Å². The molecule has 2 aromatic rings. The van der Waals surface area contributed by atoms with Gasteiger partial charge in [0, 0.05) is 26.2 Å². The summed E-state index contributed by atoms with van der Waals surface area (Å²) in [5.41, 5.74) is 1.68. The summed E-state index contributed by atoms with van der Waals surface area (Å²) >= 11 is 0. The zero-order valence-corrected chi connectivity index (χ0v) is 16.1. The number of anilines is 2. The Bertz CT molecular complexity index is 723. The van der Waals surface area contributed by atoms with E-state index in [1.807, 2.05) is 43.3 Å². The van der Waals surface area contributed by atoms with Gasteiger partial charge in [0.25, 0.3) is 0 Å². The van der Waals surface area contributed by atoms with E-state index in [9.17, 15) is 4.79 Å². The SMILES string of the molecule is CCOc1ccc(CC(=O)Nc2ccc(N3CCN(CC)CC3)nc2)cc1. The largest absolute Gasteiger partial charge is 0.494 e. The normalized spacial score (nSPS) is 14.8. The van der Waals surface area contributed by atoms with Gasteiger partial charge in [0.2, 0.25) is 5.91 Å². The van der Waals surface area contributed by atoms with Crippen molar-refractivity contribution in [3.05, 3.63) is 48.2 Å². The first kappa shape index (κ1) is 19.2. The van der Waals surface area contributed by atoms with E-state index in [-0.39, 0.29) is 5.91 Å². The fourth-order valence-corrected chi connectivity index (χ4v) is 3.20. The van der Waals surface area contributed by atoms with E-state index in [0.717, 1.165) is 55.5 Å². The zero-order valence-electron chi connectivity index (χ0n) is 16.1. The van der Waals surface area contributed by atoms with Crippen LogP contribution in [-0.2, 0) is 11.2 Å². The van der Waals surface area contributed by atoms with Crippen LogP contribution in [0.4, 0.5) is 11.5 Å². The summed E-state index contributed by atoms with van der Waals surface area (Å²) in [6.07, 6.45) is 2.06. The first-order valence-electron chi connectivity index (χ1n) is 9.63. The highest BCUT2D eigenvalue weighted by Gasteiger charge is 2.16. The third-order valence-corrected chi connectivity index (χ3v) is 4.77. The van der Waals surface area contributed by atoms with Gasteiger partial charge in [0.15, 0.2) is 0 Å². The van der Waals surface area contributed by atoms with Crippen LogP contribution >= 0.6 is 0 Å². The molecule has 1 aromatic heterocycles. The van der Waals surface area contributed by atoms with Gasteiger partial charge in [-0.05, 0) is 43.3 Å². The number of likely N-dealkylation sites (N-methyl/N-ethyl adjacent to an activating group) is 1. The summed E-state index contributed by atoms with van der Waals surface area (Å²) in [7, 11) is 0. The second-order valence-corrected chi connectivity index (χ2v) is 6.63. The van der Waals surface area contributed by atoms with Crippen LogP contribution in [0.2, 0.25) is 0 Å². The number of carbonyl (C=O) groups is 1. The molecule has 1 aliphatic heterocycles.